The van der Waals surface area contributed by atoms with Crippen LogP contribution in [0, 0.1) is 5.92 Å². The molecule has 2 aromatic carbocycles. The molecule has 0 spiro atoms. The van der Waals surface area contributed by atoms with Crippen molar-refractivity contribution in [3.63, 3.8) is 0 Å². The first-order valence-electron chi connectivity index (χ1n) is 11.0. The van der Waals surface area contributed by atoms with Gasteiger partial charge in [-0.3, -0.25) is 24.6 Å². The lowest BCUT2D eigenvalue weighted by Gasteiger charge is -2.29. The van der Waals surface area contributed by atoms with E-state index in [1.165, 1.54) is 10.5 Å². The summed E-state index contributed by atoms with van der Waals surface area (Å²) in [4.78, 5) is 53.0. The van der Waals surface area contributed by atoms with E-state index in [-0.39, 0.29) is 30.8 Å². The Labute approximate surface area is 198 Å². The molecule has 33 heavy (non-hydrogen) atoms. The van der Waals surface area contributed by atoms with Crippen molar-refractivity contribution in [1.29, 1.82) is 0 Å². The van der Waals surface area contributed by atoms with Gasteiger partial charge in [-0.05, 0) is 72.2 Å². The summed E-state index contributed by atoms with van der Waals surface area (Å²) in [6.07, 6.45) is 1.64. The molecular formula is C24H21BrN4O4. The fourth-order valence-corrected chi connectivity index (χ4v) is 5.65. The van der Waals surface area contributed by atoms with Crippen LogP contribution in [0.15, 0.2) is 40.9 Å². The summed E-state index contributed by atoms with van der Waals surface area (Å²) >= 11 is 3.53. The largest absolute Gasteiger partial charge is 0.326 e. The second-order valence-corrected chi connectivity index (χ2v) is 10.0. The fraction of sp³-hybridized carbons (Fsp3) is 0.333. The number of nitrogens with one attached hydrogen (secondary N) is 2. The molecule has 168 valence electrons. The smallest absolute Gasteiger partial charge is 0.322 e. The van der Waals surface area contributed by atoms with Gasteiger partial charge in [0.2, 0.25) is 11.8 Å². The van der Waals surface area contributed by atoms with Crippen LogP contribution in [0.25, 0.3) is 0 Å². The molecule has 6 rings (SSSR count). The van der Waals surface area contributed by atoms with Gasteiger partial charge in [-0.25, -0.2) is 4.79 Å². The maximum absolute atomic E-state index is 13.2. The normalized spacial score (nSPS) is 25.2. The van der Waals surface area contributed by atoms with E-state index in [1.807, 2.05) is 12.1 Å². The van der Waals surface area contributed by atoms with Gasteiger partial charge in [-0.2, -0.15) is 0 Å². The number of carbonyl (C=O) groups is 4. The third-order valence-electron chi connectivity index (χ3n) is 7.04. The number of nitrogens with zero attached hydrogens (tertiary/aromatic N) is 2. The number of halogens is 1. The SMILES string of the molecule is O=C1CCC(N2Cc3cc(NC(=O)N4CC5CC5c5cc(Br)ccc54)ccc3C2=O)C(=O)N1. The van der Waals surface area contributed by atoms with Gasteiger partial charge in [0, 0.05) is 40.9 Å². The first-order valence-corrected chi connectivity index (χ1v) is 11.8. The number of carbonyl (C=O) groups excluding carboxylic acids is 4. The highest BCUT2D eigenvalue weighted by molar-refractivity contribution is 9.10. The molecule has 4 aliphatic rings. The molecule has 1 saturated heterocycles. The van der Waals surface area contributed by atoms with E-state index in [9.17, 15) is 19.2 Å². The zero-order valence-corrected chi connectivity index (χ0v) is 19.2. The molecule has 0 radical (unpaired) electrons. The van der Waals surface area contributed by atoms with Crippen LogP contribution < -0.4 is 15.5 Å². The Morgan fingerprint density at radius 2 is 1.97 bits per heavy atom. The van der Waals surface area contributed by atoms with E-state index < -0.39 is 11.9 Å². The van der Waals surface area contributed by atoms with E-state index in [4.69, 9.17) is 0 Å². The zero-order chi connectivity index (χ0) is 22.9. The number of benzene rings is 2. The Hall–Kier alpha value is -3.20. The lowest BCUT2D eigenvalue weighted by Crippen LogP contribution is -2.52. The van der Waals surface area contributed by atoms with Crippen molar-refractivity contribution in [3.05, 3.63) is 57.6 Å². The predicted molar refractivity (Wildman–Crippen MR) is 124 cm³/mol. The average Bonchev–Trinajstić information content (AvgIpc) is 3.50. The monoisotopic (exact) mass is 508 g/mol. The van der Waals surface area contributed by atoms with Crippen molar-refractivity contribution in [1.82, 2.24) is 10.2 Å². The van der Waals surface area contributed by atoms with E-state index in [0.717, 1.165) is 22.1 Å². The summed E-state index contributed by atoms with van der Waals surface area (Å²) in [5, 5.41) is 5.29. The van der Waals surface area contributed by atoms with Crippen molar-refractivity contribution in [2.24, 2.45) is 5.92 Å². The van der Waals surface area contributed by atoms with Gasteiger partial charge in [0.1, 0.15) is 6.04 Å². The third-order valence-corrected chi connectivity index (χ3v) is 7.53. The molecule has 2 fully saturated rings. The average molecular weight is 509 g/mol. The predicted octanol–water partition coefficient (Wildman–Crippen LogP) is 3.37. The molecule has 3 heterocycles. The van der Waals surface area contributed by atoms with Crippen molar-refractivity contribution in [2.75, 3.05) is 16.8 Å². The van der Waals surface area contributed by atoms with E-state index in [1.54, 1.807) is 23.1 Å². The Bertz CT molecular complexity index is 1240. The summed E-state index contributed by atoms with van der Waals surface area (Å²) in [6.45, 7) is 0.965. The molecule has 0 bridgehead atoms. The topological polar surface area (TPSA) is 98.8 Å². The van der Waals surface area contributed by atoms with Crippen LogP contribution in [-0.2, 0) is 16.1 Å². The Morgan fingerprint density at radius 1 is 1.12 bits per heavy atom. The summed E-state index contributed by atoms with van der Waals surface area (Å²) in [6, 6.07) is 10.4. The van der Waals surface area contributed by atoms with Crippen LogP contribution in [0.2, 0.25) is 0 Å². The van der Waals surface area contributed by atoms with Gasteiger partial charge in [0.15, 0.2) is 0 Å². The number of hydrogen-bond donors (Lipinski definition) is 2. The number of imide groups is 1. The highest BCUT2D eigenvalue weighted by Gasteiger charge is 2.46. The van der Waals surface area contributed by atoms with Gasteiger partial charge in [0.25, 0.3) is 5.91 Å². The highest BCUT2D eigenvalue weighted by atomic mass is 79.9. The number of urea groups is 1. The minimum atomic E-state index is -0.656. The molecule has 9 heteroatoms. The first-order chi connectivity index (χ1) is 15.9. The van der Waals surface area contributed by atoms with Gasteiger partial charge in [-0.15, -0.1) is 0 Å². The Kier molecular flexibility index (Phi) is 4.58. The summed E-state index contributed by atoms with van der Waals surface area (Å²) in [7, 11) is 0. The fourth-order valence-electron chi connectivity index (χ4n) is 5.27. The molecule has 1 aliphatic carbocycles. The number of rotatable bonds is 2. The summed E-state index contributed by atoms with van der Waals surface area (Å²) in [5.74, 6) is 0.0556. The quantitative estimate of drug-likeness (QED) is 0.607. The molecule has 8 nitrogen and oxygen atoms in total. The second kappa shape index (κ2) is 7.41. The third kappa shape index (κ3) is 3.42. The Morgan fingerprint density at radius 3 is 2.79 bits per heavy atom. The number of fused-ring (bicyclic) bond motifs is 4. The summed E-state index contributed by atoms with van der Waals surface area (Å²) in [5.41, 5.74) is 4.03. The van der Waals surface area contributed by atoms with Gasteiger partial charge in [-0.1, -0.05) is 15.9 Å². The van der Waals surface area contributed by atoms with E-state index in [0.29, 0.717) is 36.1 Å². The van der Waals surface area contributed by atoms with Crippen LogP contribution in [0.3, 0.4) is 0 Å². The lowest BCUT2D eigenvalue weighted by atomic mass is 10.0. The van der Waals surface area contributed by atoms with Crippen LogP contribution in [-0.4, -0.2) is 41.2 Å². The highest BCUT2D eigenvalue weighted by Crippen LogP contribution is 2.55. The molecule has 1 saturated carbocycles. The number of hydrogen-bond acceptors (Lipinski definition) is 4. The Balaban J connectivity index is 1.20. The minimum absolute atomic E-state index is 0.199. The number of amides is 5. The standard InChI is InChI=1S/C24H21BrN4O4/c25-14-1-4-19-18(9-14)17-8-13(17)11-29(19)24(33)26-15-2-3-16-12(7-15)10-28(23(16)32)20-5-6-21(30)27-22(20)31/h1-4,7,9,13,17,20H,5-6,8,10-11H2,(H,26,33)(H,27,30,31). The van der Waals surface area contributed by atoms with Gasteiger partial charge >= 0.3 is 6.03 Å². The van der Waals surface area contributed by atoms with Crippen molar-refractivity contribution >= 4 is 51.1 Å². The van der Waals surface area contributed by atoms with Crippen LogP contribution in [0.4, 0.5) is 16.2 Å². The van der Waals surface area contributed by atoms with Crippen molar-refractivity contribution in [2.45, 2.75) is 37.8 Å². The molecule has 2 N–H and O–H groups in total. The van der Waals surface area contributed by atoms with E-state index >= 15 is 0 Å². The van der Waals surface area contributed by atoms with Crippen LogP contribution in [0.1, 0.15) is 46.7 Å². The second-order valence-electron chi connectivity index (χ2n) is 9.12. The molecule has 3 unspecified atom stereocenters. The van der Waals surface area contributed by atoms with Gasteiger partial charge in [0.05, 0.1) is 0 Å². The maximum atomic E-state index is 13.2. The molecule has 3 atom stereocenters. The van der Waals surface area contributed by atoms with Gasteiger partial charge < -0.3 is 10.2 Å². The first kappa shape index (κ1) is 20.4. The molecule has 2 aromatic rings. The van der Waals surface area contributed by atoms with Crippen LogP contribution >= 0.6 is 15.9 Å². The number of piperidine rings is 1. The number of anilines is 2. The molecule has 0 aromatic heterocycles. The molecule has 3 aliphatic heterocycles. The van der Waals surface area contributed by atoms with Crippen LogP contribution in [0.5, 0.6) is 0 Å². The van der Waals surface area contributed by atoms with E-state index in [2.05, 4.69) is 32.6 Å². The van der Waals surface area contributed by atoms with Crippen molar-refractivity contribution in [3.8, 4) is 0 Å². The minimum Gasteiger partial charge on any atom is -0.322 e. The maximum Gasteiger partial charge on any atom is 0.326 e. The zero-order valence-electron chi connectivity index (χ0n) is 17.6. The van der Waals surface area contributed by atoms with Crippen molar-refractivity contribution < 1.29 is 19.2 Å². The lowest BCUT2D eigenvalue weighted by molar-refractivity contribution is -0.136. The molecular weight excluding hydrogens is 488 g/mol. The molecule has 5 amide bonds. The summed E-state index contributed by atoms with van der Waals surface area (Å²) < 4.78 is 1.01.